The second kappa shape index (κ2) is 5.23. The van der Waals surface area contributed by atoms with Gasteiger partial charge in [0.05, 0.1) is 0 Å². The molecule has 2 rings (SSSR count). The van der Waals surface area contributed by atoms with Crippen molar-refractivity contribution in [3.05, 3.63) is 30.3 Å². The summed E-state index contributed by atoms with van der Waals surface area (Å²) in [6, 6.07) is 11.1. The van der Waals surface area contributed by atoms with E-state index in [-0.39, 0.29) is 0 Å². The van der Waals surface area contributed by atoms with Crippen molar-refractivity contribution in [3.63, 3.8) is 0 Å². The number of anilines is 1. The third-order valence-corrected chi connectivity index (χ3v) is 4.44. The Kier molecular flexibility index (Phi) is 3.89. The Labute approximate surface area is 112 Å². The molecule has 0 saturated carbocycles. The third kappa shape index (κ3) is 2.40. The van der Waals surface area contributed by atoms with Crippen LogP contribution < -0.4 is 4.90 Å². The van der Waals surface area contributed by atoms with Gasteiger partial charge in [0, 0.05) is 29.6 Å². The highest BCUT2D eigenvalue weighted by molar-refractivity contribution is 7.99. The maximum atomic E-state index is 2.29. The zero-order valence-corrected chi connectivity index (χ0v) is 12.3. The van der Waals surface area contributed by atoms with E-state index in [0.717, 1.165) is 0 Å². The molecular formula is C14H17NS2. The molecule has 0 N–H and O–H groups in total. The lowest BCUT2D eigenvalue weighted by atomic mass is 10.2. The molecule has 2 aliphatic rings. The summed E-state index contributed by atoms with van der Waals surface area (Å²) in [6.45, 7) is 0. The monoisotopic (exact) mass is 263 g/mol. The molecule has 0 aromatic heterocycles. The SMILES string of the molecule is CSc1cc(SC)c2ccc(N(C)C)ccc1-2. The van der Waals surface area contributed by atoms with Crippen molar-refractivity contribution in [2.24, 2.45) is 0 Å². The summed E-state index contributed by atoms with van der Waals surface area (Å²) in [5.74, 6) is 0. The number of thioether (sulfide) groups is 2. The van der Waals surface area contributed by atoms with Gasteiger partial charge in [-0.05, 0) is 41.8 Å². The minimum atomic E-state index is 1.24. The van der Waals surface area contributed by atoms with Crippen LogP contribution in [0.2, 0.25) is 0 Å². The van der Waals surface area contributed by atoms with Gasteiger partial charge in [-0.3, -0.25) is 0 Å². The normalized spacial score (nSPS) is 10.8. The average Bonchev–Trinajstić information content (AvgIpc) is 2.51. The molecule has 0 bridgehead atoms. The van der Waals surface area contributed by atoms with Gasteiger partial charge in [-0.25, -0.2) is 0 Å². The van der Waals surface area contributed by atoms with E-state index in [2.05, 4.69) is 61.8 Å². The van der Waals surface area contributed by atoms with Crippen molar-refractivity contribution < 1.29 is 0 Å². The molecule has 0 heterocycles. The van der Waals surface area contributed by atoms with Crippen LogP contribution in [0.5, 0.6) is 0 Å². The molecule has 0 aromatic rings. The van der Waals surface area contributed by atoms with E-state index in [1.165, 1.54) is 26.6 Å². The van der Waals surface area contributed by atoms with Gasteiger partial charge in [0.2, 0.25) is 0 Å². The molecule has 0 atom stereocenters. The zero-order valence-electron chi connectivity index (χ0n) is 10.7. The van der Waals surface area contributed by atoms with Crippen molar-refractivity contribution >= 4 is 29.2 Å². The van der Waals surface area contributed by atoms with Crippen molar-refractivity contribution in [2.75, 3.05) is 31.5 Å². The largest absolute Gasteiger partial charge is 0.378 e. The van der Waals surface area contributed by atoms with E-state index in [1.807, 2.05) is 23.5 Å². The van der Waals surface area contributed by atoms with E-state index >= 15 is 0 Å². The van der Waals surface area contributed by atoms with E-state index in [4.69, 9.17) is 0 Å². The van der Waals surface area contributed by atoms with E-state index in [0.29, 0.717) is 0 Å². The summed E-state index contributed by atoms with van der Waals surface area (Å²) in [5.41, 5.74) is 3.95. The predicted molar refractivity (Wildman–Crippen MR) is 81.0 cm³/mol. The molecule has 3 heteroatoms. The molecule has 0 aliphatic heterocycles. The molecule has 0 saturated heterocycles. The van der Waals surface area contributed by atoms with Gasteiger partial charge >= 0.3 is 0 Å². The molecule has 0 fully saturated rings. The number of hydrogen-bond donors (Lipinski definition) is 0. The first-order valence-corrected chi connectivity index (χ1v) is 7.94. The Morgan fingerprint density at radius 3 is 1.65 bits per heavy atom. The summed E-state index contributed by atoms with van der Waals surface area (Å²) in [4.78, 5) is 4.87. The Balaban J connectivity index is 2.62. The highest BCUT2D eigenvalue weighted by Crippen LogP contribution is 2.41. The summed E-state index contributed by atoms with van der Waals surface area (Å²) < 4.78 is 0. The average molecular weight is 263 g/mol. The van der Waals surface area contributed by atoms with Gasteiger partial charge < -0.3 is 4.90 Å². The standard InChI is InChI=1S/C14H17NS2/c1-15(2)10-5-7-11-12(8-6-10)14(17-4)9-13(11)16-3/h5-9H,1-4H3. The minimum Gasteiger partial charge on any atom is -0.378 e. The van der Waals surface area contributed by atoms with Gasteiger partial charge in [-0.2, -0.15) is 0 Å². The lowest BCUT2D eigenvalue weighted by Crippen LogP contribution is -2.07. The van der Waals surface area contributed by atoms with Gasteiger partial charge in [-0.1, -0.05) is 12.1 Å². The summed E-state index contributed by atoms with van der Waals surface area (Å²) in [6.07, 6.45) is 4.28. The van der Waals surface area contributed by atoms with Crippen LogP contribution in [0, 0.1) is 0 Å². The van der Waals surface area contributed by atoms with Gasteiger partial charge in [0.15, 0.2) is 0 Å². The van der Waals surface area contributed by atoms with Crippen LogP contribution in [-0.2, 0) is 0 Å². The Bertz CT molecular complexity index is 455. The van der Waals surface area contributed by atoms with Crippen LogP contribution in [0.4, 0.5) is 5.69 Å². The van der Waals surface area contributed by atoms with Crippen LogP contribution >= 0.6 is 23.5 Å². The van der Waals surface area contributed by atoms with E-state index in [9.17, 15) is 0 Å². The van der Waals surface area contributed by atoms with Crippen LogP contribution in [-0.4, -0.2) is 26.6 Å². The fourth-order valence-corrected chi connectivity index (χ4v) is 3.25. The number of hydrogen-bond acceptors (Lipinski definition) is 3. The zero-order chi connectivity index (χ0) is 12.4. The second-order valence-corrected chi connectivity index (χ2v) is 5.79. The third-order valence-electron chi connectivity index (χ3n) is 2.88. The lowest BCUT2D eigenvalue weighted by molar-refractivity contribution is 1.13. The number of rotatable bonds is 3. The molecule has 2 aliphatic carbocycles. The van der Waals surface area contributed by atoms with Crippen LogP contribution in [0.3, 0.4) is 0 Å². The molecule has 0 amide bonds. The first-order valence-electron chi connectivity index (χ1n) is 5.49. The summed E-state index contributed by atoms with van der Waals surface area (Å²) >= 11 is 3.63. The van der Waals surface area contributed by atoms with Gasteiger partial charge in [0.1, 0.15) is 0 Å². The fourth-order valence-electron chi connectivity index (χ4n) is 1.91. The van der Waals surface area contributed by atoms with Crippen LogP contribution in [0.15, 0.2) is 40.1 Å². The highest BCUT2D eigenvalue weighted by atomic mass is 32.2. The van der Waals surface area contributed by atoms with E-state index < -0.39 is 0 Å². The summed E-state index contributed by atoms with van der Waals surface area (Å²) in [7, 11) is 4.15. The Morgan fingerprint density at radius 1 is 0.824 bits per heavy atom. The second-order valence-electron chi connectivity index (χ2n) is 4.09. The van der Waals surface area contributed by atoms with Gasteiger partial charge in [0.25, 0.3) is 0 Å². The molecule has 0 spiro atoms. The lowest BCUT2D eigenvalue weighted by Gasteiger charge is -2.09. The number of nitrogens with zero attached hydrogens (tertiary/aromatic N) is 1. The van der Waals surface area contributed by atoms with Crippen LogP contribution in [0.1, 0.15) is 0 Å². The van der Waals surface area contributed by atoms with Crippen LogP contribution in [0.25, 0.3) is 11.1 Å². The molecule has 17 heavy (non-hydrogen) atoms. The number of fused-ring (bicyclic) bond motifs is 1. The van der Waals surface area contributed by atoms with Crippen molar-refractivity contribution in [3.8, 4) is 11.1 Å². The maximum Gasteiger partial charge on any atom is 0.0361 e. The first kappa shape index (κ1) is 12.7. The molecule has 90 valence electrons. The molecule has 0 aromatic carbocycles. The molecule has 1 nitrogen and oxygen atoms in total. The van der Waals surface area contributed by atoms with E-state index in [1.54, 1.807) is 0 Å². The van der Waals surface area contributed by atoms with Crippen molar-refractivity contribution in [2.45, 2.75) is 9.79 Å². The minimum absolute atomic E-state index is 1.24. The molecule has 0 radical (unpaired) electrons. The fraction of sp³-hybridized carbons (Fsp3) is 0.286. The quantitative estimate of drug-likeness (QED) is 0.760. The molecular weight excluding hydrogens is 246 g/mol. The maximum absolute atomic E-state index is 2.29. The Hall–Kier alpha value is -0.800. The summed E-state index contributed by atoms with van der Waals surface area (Å²) in [5, 5.41) is 0. The van der Waals surface area contributed by atoms with Crippen molar-refractivity contribution in [1.29, 1.82) is 0 Å². The predicted octanol–water partition coefficient (Wildman–Crippen LogP) is 4.30. The van der Waals surface area contributed by atoms with Gasteiger partial charge in [-0.15, -0.1) is 23.5 Å². The Morgan fingerprint density at radius 2 is 1.29 bits per heavy atom. The van der Waals surface area contributed by atoms with Crippen molar-refractivity contribution in [1.82, 2.24) is 0 Å². The first-order chi connectivity index (χ1) is 8.17. The topological polar surface area (TPSA) is 3.24 Å². The highest BCUT2D eigenvalue weighted by Gasteiger charge is 2.13. The molecule has 0 unspecified atom stereocenters. The smallest absolute Gasteiger partial charge is 0.0361 e.